The first-order valence-electron chi connectivity index (χ1n) is 6.45. The first kappa shape index (κ1) is 13.0. The SMILES string of the molecule is CC(C)CN1CCCC(CC(C)CO)C1. The van der Waals surface area contributed by atoms with Gasteiger partial charge in [0, 0.05) is 19.7 Å². The highest BCUT2D eigenvalue weighted by atomic mass is 16.3. The highest BCUT2D eigenvalue weighted by Gasteiger charge is 2.21. The number of aliphatic hydroxyl groups is 1. The van der Waals surface area contributed by atoms with Gasteiger partial charge in [0.25, 0.3) is 0 Å². The van der Waals surface area contributed by atoms with Crippen LogP contribution in [0.25, 0.3) is 0 Å². The largest absolute Gasteiger partial charge is 0.396 e. The quantitative estimate of drug-likeness (QED) is 0.758. The average Bonchev–Trinajstić information content (AvgIpc) is 2.17. The van der Waals surface area contributed by atoms with Crippen LogP contribution in [0, 0.1) is 17.8 Å². The summed E-state index contributed by atoms with van der Waals surface area (Å²) < 4.78 is 0. The zero-order chi connectivity index (χ0) is 11.3. The highest BCUT2D eigenvalue weighted by molar-refractivity contribution is 4.75. The van der Waals surface area contributed by atoms with Crippen LogP contribution in [-0.4, -0.2) is 36.2 Å². The summed E-state index contributed by atoms with van der Waals surface area (Å²) >= 11 is 0. The lowest BCUT2D eigenvalue weighted by Gasteiger charge is -2.34. The lowest BCUT2D eigenvalue weighted by molar-refractivity contribution is 0.129. The van der Waals surface area contributed by atoms with Crippen molar-refractivity contribution in [3.05, 3.63) is 0 Å². The van der Waals surface area contributed by atoms with E-state index in [1.165, 1.54) is 38.9 Å². The second kappa shape index (κ2) is 6.49. The molecule has 0 aromatic heterocycles. The number of likely N-dealkylation sites (tertiary alicyclic amines) is 1. The van der Waals surface area contributed by atoms with Gasteiger partial charge in [-0.2, -0.15) is 0 Å². The van der Waals surface area contributed by atoms with Gasteiger partial charge in [-0.3, -0.25) is 0 Å². The van der Waals surface area contributed by atoms with Crippen LogP contribution in [0.4, 0.5) is 0 Å². The predicted molar refractivity (Wildman–Crippen MR) is 64.9 cm³/mol. The zero-order valence-corrected chi connectivity index (χ0v) is 10.6. The molecule has 1 fully saturated rings. The van der Waals surface area contributed by atoms with E-state index in [9.17, 15) is 0 Å². The Morgan fingerprint density at radius 1 is 1.33 bits per heavy atom. The molecule has 1 heterocycles. The van der Waals surface area contributed by atoms with Gasteiger partial charge in [-0.25, -0.2) is 0 Å². The predicted octanol–water partition coefficient (Wildman–Crippen LogP) is 2.37. The molecule has 1 rings (SSSR count). The summed E-state index contributed by atoms with van der Waals surface area (Å²) in [4.78, 5) is 2.60. The maximum Gasteiger partial charge on any atom is 0.0456 e. The molecule has 15 heavy (non-hydrogen) atoms. The lowest BCUT2D eigenvalue weighted by Crippen LogP contribution is -2.38. The Morgan fingerprint density at radius 3 is 2.67 bits per heavy atom. The summed E-state index contributed by atoms with van der Waals surface area (Å²) in [7, 11) is 0. The van der Waals surface area contributed by atoms with Crippen molar-refractivity contribution in [2.24, 2.45) is 17.8 Å². The van der Waals surface area contributed by atoms with Crippen LogP contribution in [0.1, 0.15) is 40.0 Å². The molecule has 1 saturated heterocycles. The van der Waals surface area contributed by atoms with Crippen LogP contribution in [0.2, 0.25) is 0 Å². The third-order valence-electron chi connectivity index (χ3n) is 3.27. The number of nitrogens with zero attached hydrogens (tertiary/aromatic N) is 1. The van der Waals surface area contributed by atoms with Crippen LogP contribution < -0.4 is 0 Å². The van der Waals surface area contributed by atoms with Gasteiger partial charge in [0.2, 0.25) is 0 Å². The van der Waals surface area contributed by atoms with Crippen molar-refractivity contribution in [1.82, 2.24) is 4.90 Å². The van der Waals surface area contributed by atoms with E-state index in [-0.39, 0.29) is 0 Å². The molecule has 1 aliphatic heterocycles. The second-order valence-electron chi connectivity index (χ2n) is 5.69. The first-order valence-corrected chi connectivity index (χ1v) is 6.45. The number of hydrogen-bond acceptors (Lipinski definition) is 2. The molecular formula is C13H27NO. The molecule has 1 aliphatic rings. The van der Waals surface area contributed by atoms with Crippen molar-refractivity contribution in [3.8, 4) is 0 Å². The summed E-state index contributed by atoms with van der Waals surface area (Å²) in [6.45, 7) is 10.9. The molecule has 2 atom stereocenters. The Morgan fingerprint density at radius 2 is 2.07 bits per heavy atom. The van der Waals surface area contributed by atoms with Gasteiger partial charge in [0.05, 0.1) is 0 Å². The average molecular weight is 213 g/mol. The van der Waals surface area contributed by atoms with E-state index in [2.05, 4.69) is 25.7 Å². The van der Waals surface area contributed by atoms with Crippen molar-refractivity contribution >= 4 is 0 Å². The monoisotopic (exact) mass is 213 g/mol. The molecule has 0 aliphatic carbocycles. The Balaban J connectivity index is 2.28. The molecule has 90 valence electrons. The van der Waals surface area contributed by atoms with Crippen molar-refractivity contribution in [2.75, 3.05) is 26.2 Å². The van der Waals surface area contributed by atoms with Crippen molar-refractivity contribution in [2.45, 2.75) is 40.0 Å². The van der Waals surface area contributed by atoms with E-state index in [1.807, 2.05) is 0 Å². The summed E-state index contributed by atoms with van der Waals surface area (Å²) in [6.07, 6.45) is 3.90. The molecule has 0 saturated carbocycles. The minimum absolute atomic E-state index is 0.348. The fourth-order valence-corrected chi connectivity index (χ4v) is 2.67. The number of aliphatic hydroxyl groups excluding tert-OH is 1. The summed E-state index contributed by atoms with van der Waals surface area (Å²) in [5, 5.41) is 9.06. The van der Waals surface area contributed by atoms with E-state index in [0.29, 0.717) is 12.5 Å². The Labute approximate surface area is 94.7 Å². The van der Waals surface area contributed by atoms with Crippen LogP contribution in [0.3, 0.4) is 0 Å². The molecule has 0 radical (unpaired) electrons. The van der Waals surface area contributed by atoms with Crippen molar-refractivity contribution in [3.63, 3.8) is 0 Å². The fraction of sp³-hybridized carbons (Fsp3) is 1.00. The van der Waals surface area contributed by atoms with E-state index in [4.69, 9.17) is 5.11 Å². The topological polar surface area (TPSA) is 23.5 Å². The molecule has 0 bridgehead atoms. The molecule has 0 spiro atoms. The zero-order valence-electron chi connectivity index (χ0n) is 10.6. The van der Waals surface area contributed by atoms with Gasteiger partial charge in [-0.05, 0) is 43.6 Å². The normalized spacial score (nSPS) is 25.8. The first-order chi connectivity index (χ1) is 7.11. The third-order valence-corrected chi connectivity index (χ3v) is 3.27. The minimum Gasteiger partial charge on any atom is -0.396 e. The third kappa shape index (κ3) is 4.98. The number of hydrogen-bond donors (Lipinski definition) is 1. The van der Waals surface area contributed by atoms with Gasteiger partial charge in [0.15, 0.2) is 0 Å². The van der Waals surface area contributed by atoms with Gasteiger partial charge in [-0.1, -0.05) is 20.8 Å². The number of piperidine rings is 1. The minimum atomic E-state index is 0.348. The lowest BCUT2D eigenvalue weighted by atomic mass is 9.89. The van der Waals surface area contributed by atoms with Crippen LogP contribution >= 0.6 is 0 Å². The second-order valence-corrected chi connectivity index (χ2v) is 5.69. The number of rotatable bonds is 5. The molecule has 2 nitrogen and oxygen atoms in total. The fourth-order valence-electron chi connectivity index (χ4n) is 2.67. The van der Waals surface area contributed by atoms with Gasteiger partial charge in [-0.15, -0.1) is 0 Å². The van der Waals surface area contributed by atoms with Gasteiger partial charge < -0.3 is 10.0 Å². The molecule has 2 heteroatoms. The molecular weight excluding hydrogens is 186 g/mol. The van der Waals surface area contributed by atoms with E-state index < -0.39 is 0 Å². The maximum atomic E-state index is 9.06. The summed E-state index contributed by atoms with van der Waals surface area (Å²) in [6, 6.07) is 0. The van der Waals surface area contributed by atoms with E-state index >= 15 is 0 Å². The summed E-state index contributed by atoms with van der Waals surface area (Å²) in [5.41, 5.74) is 0. The summed E-state index contributed by atoms with van der Waals surface area (Å²) in [5.74, 6) is 2.08. The smallest absolute Gasteiger partial charge is 0.0456 e. The molecule has 1 N–H and O–H groups in total. The Kier molecular flexibility index (Phi) is 5.62. The van der Waals surface area contributed by atoms with E-state index in [1.54, 1.807) is 0 Å². The van der Waals surface area contributed by atoms with Crippen LogP contribution in [0.15, 0.2) is 0 Å². The van der Waals surface area contributed by atoms with Crippen molar-refractivity contribution in [1.29, 1.82) is 0 Å². The van der Waals surface area contributed by atoms with E-state index in [0.717, 1.165) is 11.8 Å². The maximum absolute atomic E-state index is 9.06. The molecule has 0 aromatic rings. The van der Waals surface area contributed by atoms with Gasteiger partial charge in [0.1, 0.15) is 0 Å². The molecule has 0 amide bonds. The van der Waals surface area contributed by atoms with Crippen LogP contribution in [-0.2, 0) is 0 Å². The Hall–Kier alpha value is -0.0800. The highest BCUT2D eigenvalue weighted by Crippen LogP contribution is 2.23. The Bertz CT molecular complexity index is 170. The molecule has 2 unspecified atom stereocenters. The van der Waals surface area contributed by atoms with Gasteiger partial charge >= 0.3 is 0 Å². The van der Waals surface area contributed by atoms with Crippen LogP contribution in [0.5, 0.6) is 0 Å². The molecule has 0 aromatic carbocycles. The standard InChI is InChI=1S/C13H27NO/c1-11(2)8-14-6-4-5-13(9-14)7-12(3)10-15/h11-13,15H,4-10H2,1-3H3. The van der Waals surface area contributed by atoms with Crippen molar-refractivity contribution < 1.29 is 5.11 Å².